The molecule has 2 rings (SSSR count). The molecular weight excluding hydrogens is 345 g/mol. The van der Waals surface area contributed by atoms with Crippen LogP contribution in [0.4, 0.5) is 4.39 Å². The molecule has 0 aliphatic heterocycles. The summed E-state index contributed by atoms with van der Waals surface area (Å²) in [6.07, 6.45) is 1.05. The van der Waals surface area contributed by atoms with Crippen molar-refractivity contribution in [3.63, 3.8) is 0 Å². The number of halogens is 1. The number of H-pyrrole nitrogens is 1. The summed E-state index contributed by atoms with van der Waals surface area (Å²) >= 11 is 0. The number of aromatic nitrogens is 1. The van der Waals surface area contributed by atoms with Gasteiger partial charge in [-0.15, -0.1) is 0 Å². The van der Waals surface area contributed by atoms with Gasteiger partial charge in [-0.2, -0.15) is 0 Å². The number of benzene rings is 1. The molecule has 0 radical (unpaired) electrons. The van der Waals surface area contributed by atoms with Gasteiger partial charge in [0.05, 0.1) is 6.61 Å². The number of aromatic amines is 1. The molecule has 0 saturated heterocycles. The zero-order valence-electron chi connectivity index (χ0n) is 14.0. The highest BCUT2D eigenvalue weighted by Crippen LogP contribution is 2.10. The number of hydrogen-bond donors (Lipinski definition) is 4. The lowest BCUT2D eigenvalue weighted by atomic mass is 10.2. The van der Waals surface area contributed by atoms with Gasteiger partial charge in [-0.3, -0.25) is 14.4 Å². The minimum atomic E-state index is -0.975. The summed E-state index contributed by atoms with van der Waals surface area (Å²) in [4.78, 5) is 38.6. The molecule has 9 heteroatoms. The molecule has 0 aliphatic carbocycles. The van der Waals surface area contributed by atoms with Crippen molar-refractivity contribution in [1.82, 2.24) is 15.6 Å². The van der Waals surface area contributed by atoms with Gasteiger partial charge in [0.1, 0.15) is 11.4 Å². The Morgan fingerprint density at radius 1 is 1.19 bits per heavy atom. The second-order valence-electron chi connectivity index (χ2n) is 5.31. The van der Waals surface area contributed by atoms with E-state index in [1.54, 1.807) is 0 Å². The van der Waals surface area contributed by atoms with Crippen molar-refractivity contribution in [2.24, 2.45) is 0 Å². The molecule has 1 aromatic heterocycles. The quantitative estimate of drug-likeness (QED) is 0.535. The first-order valence-corrected chi connectivity index (χ1v) is 7.68. The standard InChI is InChI=1S/C17H18FN3O5/c1-26-7-6-19-17(25)13-15(23)14(22)12(9-20-13)16(24)21-8-10-2-4-11(18)5-3-10/h2-5,9,23H,6-8H2,1H3,(H,19,25)(H,20,22)(H,21,24). The molecule has 0 unspecified atom stereocenters. The first-order chi connectivity index (χ1) is 12.4. The Bertz CT molecular complexity index is 848. The van der Waals surface area contributed by atoms with Crippen LogP contribution in [0.5, 0.6) is 5.75 Å². The van der Waals surface area contributed by atoms with Crippen molar-refractivity contribution in [1.29, 1.82) is 0 Å². The fraction of sp³-hybridized carbons (Fsp3) is 0.235. The Morgan fingerprint density at radius 2 is 1.88 bits per heavy atom. The van der Waals surface area contributed by atoms with Crippen LogP contribution in [-0.2, 0) is 11.3 Å². The monoisotopic (exact) mass is 363 g/mol. The second-order valence-corrected chi connectivity index (χ2v) is 5.31. The van der Waals surface area contributed by atoms with Crippen molar-refractivity contribution >= 4 is 11.8 Å². The average Bonchev–Trinajstić information content (AvgIpc) is 2.63. The Balaban J connectivity index is 2.08. The maximum Gasteiger partial charge on any atom is 0.271 e. The molecule has 2 aromatic rings. The minimum absolute atomic E-state index is 0.0680. The number of hydrogen-bond acceptors (Lipinski definition) is 5. The molecule has 1 heterocycles. The summed E-state index contributed by atoms with van der Waals surface area (Å²) in [5.74, 6) is -2.69. The molecule has 8 nitrogen and oxygen atoms in total. The molecule has 0 atom stereocenters. The third-order valence-corrected chi connectivity index (χ3v) is 3.49. The van der Waals surface area contributed by atoms with E-state index < -0.39 is 28.8 Å². The number of carbonyl (C=O) groups is 2. The number of aromatic hydroxyl groups is 1. The number of ether oxygens (including phenoxy) is 1. The van der Waals surface area contributed by atoms with Crippen LogP contribution in [0.15, 0.2) is 35.3 Å². The third kappa shape index (κ3) is 4.67. The van der Waals surface area contributed by atoms with E-state index >= 15 is 0 Å². The number of pyridine rings is 1. The summed E-state index contributed by atoms with van der Waals surface area (Å²) in [5, 5.41) is 14.8. The Morgan fingerprint density at radius 3 is 2.54 bits per heavy atom. The highest BCUT2D eigenvalue weighted by atomic mass is 19.1. The number of nitrogens with one attached hydrogen (secondary N) is 3. The lowest BCUT2D eigenvalue weighted by Gasteiger charge is -2.09. The van der Waals surface area contributed by atoms with Gasteiger partial charge in [0.2, 0.25) is 5.43 Å². The van der Waals surface area contributed by atoms with Gasteiger partial charge in [-0.1, -0.05) is 12.1 Å². The molecule has 1 aromatic carbocycles. The third-order valence-electron chi connectivity index (χ3n) is 3.49. The fourth-order valence-electron chi connectivity index (χ4n) is 2.10. The van der Waals surface area contributed by atoms with Crippen LogP contribution in [0.1, 0.15) is 26.4 Å². The smallest absolute Gasteiger partial charge is 0.271 e. The van der Waals surface area contributed by atoms with Crippen LogP contribution < -0.4 is 16.1 Å². The topological polar surface area (TPSA) is 121 Å². The molecule has 0 bridgehead atoms. The number of methoxy groups -OCH3 is 1. The summed E-state index contributed by atoms with van der Waals surface area (Å²) in [6, 6.07) is 5.48. The van der Waals surface area contributed by atoms with Crippen molar-refractivity contribution in [3.8, 4) is 5.75 Å². The molecule has 2 amide bonds. The minimum Gasteiger partial charge on any atom is -0.503 e. The van der Waals surface area contributed by atoms with Crippen LogP contribution in [0.3, 0.4) is 0 Å². The predicted molar refractivity (Wildman–Crippen MR) is 90.5 cm³/mol. The van der Waals surface area contributed by atoms with Gasteiger partial charge in [0.25, 0.3) is 11.8 Å². The van der Waals surface area contributed by atoms with E-state index in [4.69, 9.17) is 4.74 Å². The molecule has 0 aliphatic rings. The maximum atomic E-state index is 12.8. The Labute approximate surface area is 148 Å². The maximum absolute atomic E-state index is 12.8. The fourth-order valence-corrected chi connectivity index (χ4v) is 2.10. The van der Waals surface area contributed by atoms with Crippen LogP contribution in [0, 0.1) is 5.82 Å². The first-order valence-electron chi connectivity index (χ1n) is 7.68. The van der Waals surface area contributed by atoms with Gasteiger partial charge in [0, 0.05) is 26.4 Å². The van der Waals surface area contributed by atoms with Gasteiger partial charge in [-0.05, 0) is 17.7 Å². The highest BCUT2D eigenvalue weighted by Gasteiger charge is 2.20. The van der Waals surface area contributed by atoms with Crippen LogP contribution in [0.2, 0.25) is 0 Å². The molecule has 0 spiro atoms. The zero-order chi connectivity index (χ0) is 19.1. The number of carbonyl (C=O) groups excluding carboxylic acids is 2. The van der Waals surface area contributed by atoms with E-state index in [-0.39, 0.29) is 31.0 Å². The SMILES string of the molecule is COCCNC(=O)c1[nH]cc(C(=O)NCc2ccc(F)cc2)c(=O)c1O. The van der Waals surface area contributed by atoms with E-state index in [0.29, 0.717) is 5.56 Å². The van der Waals surface area contributed by atoms with E-state index in [2.05, 4.69) is 15.6 Å². The van der Waals surface area contributed by atoms with Crippen molar-refractivity contribution in [2.45, 2.75) is 6.54 Å². The van der Waals surface area contributed by atoms with Gasteiger partial charge in [0.15, 0.2) is 11.4 Å². The molecule has 138 valence electrons. The molecule has 0 fully saturated rings. The zero-order valence-corrected chi connectivity index (χ0v) is 14.0. The van der Waals surface area contributed by atoms with Crippen molar-refractivity contribution < 1.29 is 23.8 Å². The summed E-state index contributed by atoms with van der Waals surface area (Å²) < 4.78 is 17.6. The first kappa shape index (κ1) is 19.1. The lowest BCUT2D eigenvalue weighted by molar-refractivity contribution is 0.0921. The lowest BCUT2D eigenvalue weighted by Crippen LogP contribution is -2.32. The van der Waals surface area contributed by atoms with Gasteiger partial charge >= 0.3 is 0 Å². The van der Waals surface area contributed by atoms with Crippen molar-refractivity contribution in [2.75, 3.05) is 20.3 Å². The average molecular weight is 363 g/mol. The van der Waals surface area contributed by atoms with E-state index in [0.717, 1.165) is 6.20 Å². The Hall–Kier alpha value is -3.20. The summed E-state index contributed by atoms with van der Waals surface area (Å²) in [7, 11) is 1.46. The summed E-state index contributed by atoms with van der Waals surface area (Å²) in [6.45, 7) is 0.524. The largest absolute Gasteiger partial charge is 0.503 e. The van der Waals surface area contributed by atoms with E-state index in [9.17, 15) is 23.9 Å². The second kappa shape index (κ2) is 8.77. The number of amides is 2. The van der Waals surface area contributed by atoms with Gasteiger partial charge in [-0.25, -0.2) is 4.39 Å². The molecule has 26 heavy (non-hydrogen) atoms. The predicted octanol–water partition coefficient (Wildman–Crippen LogP) is 0.526. The van der Waals surface area contributed by atoms with E-state index in [1.165, 1.54) is 31.4 Å². The van der Waals surface area contributed by atoms with E-state index in [1.807, 2.05) is 0 Å². The van der Waals surface area contributed by atoms with Crippen LogP contribution in [-0.4, -0.2) is 42.2 Å². The van der Waals surface area contributed by atoms with Crippen molar-refractivity contribution in [3.05, 3.63) is 63.3 Å². The van der Waals surface area contributed by atoms with Crippen LogP contribution >= 0.6 is 0 Å². The molecular formula is C17H18FN3O5. The highest BCUT2D eigenvalue weighted by molar-refractivity contribution is 5.98. The van der Waals surface area contributed by atoms with Crippen LogP contribution in [0.25, 0.3) is 0 Å². The normalized spacial score (nSPS) is 10.4. The Kier molecular flexibility index (Phi) is 6.45. The molecule has 0 saturated carbocycles. The summed E-state index contributed by atoms with van der Waals surface area (Å²) in [5.41, 5.74) is -1.04. The number of rotatable bonds is 7. The van der Waals surface area contributed by atoms with Gasteiger partial charge < -0.3 is 25.5 Å². The molecule has 4 N–H and O–H groups in total.